The van der Waals surface area contributed by atoms with Gasteiger partial charge in [-0.3, -0.25) is 0 Å². The summed E-state index contributed by atoms with van der Waals surface area (Å²) in [6, 6.07) is 7.68. The quantitative estimate of drug-likeness (QED) is 0.708. The maximum absolute atomic E-state index is 6.79. The smallest absolute Gasteiger partial charge is 0.124 e. The van der Waals surface area contributed by atoms with E-state index in [1.54, 1.807) is 0 Å². The Morgan fingerprint density at radius 1 is 1.38 bits per heavy atom. The molecule has 0 amide bonds. The van der Waals surface area contributed by atoms with Gasteiger partial charge in [-0.1, -0.05) is 18.2 Å². The average molecular weight is 178 g/mol. The maximum Gasteiger partial charge on any atom is 0.124 e. The summed E-state index contributed by atoms with van der Waals surface area (Å²) in [5.41, 5.74) is 7.75. The van der Waals surface area contributed by atoms with Crippen molar-refractivity contribution in [3.05, 3.63) is 29.8 Å². The van der Waals surface area contributed by atoms with Crippen molar-refractivity contribution in [1.29, 1.82) is 5.53 Å². The lowest BCUT2D eigenvalue weighted by Gasteiger charge is -2.12. The second-order valence-electron chi connectivity index (χ2n) is 3.09. The molecule has 1 aromatic rings. The molecule has 0 saturated heterocycles. The molecule has 1 rings (SSSR count). The summed E-state index contributed by atoms with van der Waals surface area (Å²) in [5, 5.41) is 3.34. The van der Waals surface area contributed by atoms with Crippen molar-refractivity contribution in [2.45, 2.75) is 26.5 Å². The van der Waals surface area contributed by atoms with E-state index >= 15 is 0 Å². The number of hydrogen-bond acceptors (Lipinski definition) is 3. The van der Waals surface area contributed by atoms with Gasteiger partial charge >= 0.3 is 0 Å². The average Bonchev–Trinajstić information content (AvgIpc) is 2.08. The van der Waals surface area contributed by atoms with Gasteiger partial charge in [-0.25, -0.2) is 5.53 Å². The molecule has 0 aromatic heterocycles. The number of rotatable bonds is 4. The van der Waals surface area contributed by atoms with Crippen molar-refractivity contribution in [3.8, 4) is 5.75 Å². The molecule has 3 heteroatoms. The lowest BCUT2D eigenvalue weighted by Crippen LogP contribution is -2.07. The zero-order valence-electron chi connectivity index (χ0n) is 7.95. The van der Waals surface area contributed by atoms with E-state index in [0.29, 0.717) is 6.54 Å². The topological polar surface area (TPSA) is 45.4 Å². The summed E-state index contributed by atoms with van der Waals surface area (Å²) in [6.45, 7) is 4.35. The van der Waals surface area contributed by atoms with Gasteiger partial charge in [0, 0.05) is 5.56 Å². The van der Waals surface area contributed by atoms with Crippen LogP contribution >= 0.6 is 0 Å². The van der Waals surface area contributed by atoms with E-state index in [1.165, 1.54) is 0 Å². The first kappa shape index (κ1) is 9.71. The molecule has 0 aliphatic carbocycles. The fourth-order valence-electron chi connectivity index (χ4n) is 1.09. The summed E-state index contributed by atoms with van der Waals surface area (Å²) in [4.78, 5) is 0. The van der Waals surface area contributed by atoms with Gasteiger partial charge in [0.2, 0.25) is 0 Å². The SMILES string of the molecule is CC(C)Oc1ccccc1CN=N. The van der Waals surface area contributed by atoms with E-state index in [4.69, 9.17) is 10.3 Å². The van der Waals surface area contributed by atoms with E-state index in [9.17, 15) is 0 Å². The summed E-state index contributed by atoms with van der Waals surface area (Å²) < 4.78 is 5.55. The van der Waals surface area contributed by atoms with E-state index in [0.717, 1.165) is 11.3 Å². The third-order valence-corrected chi connectivity index (χ3v) is 1.58. The van der Waals surface area contributed by atoms with E-state index < -0.39 is 0 Å². The minimum atomic E-state index is 0.159. The van der Waals surface area contributed by atoms with Gasteiger partial charge in [-0.2, -0.15) is 5.11 Å². The second kappa shape index (κ2) is 4.60. The third-order valence-electron chi connectivity index (χ3n) is 1.58. The molecule has 0 bridgehead atoms. The predicted octanol–water partition coefficient (Wildman–Crippen LogP) is 3.00. The van der Waals surface area contributed by atoms with E-state index in [1.807, 2.05) is 38.1 Å². The summed E-state index contributed by atoms with van der Waals surface area (Å²) >= 11 is 0. The van der Waals surface area contributed by atoms with Crippen LogP contribution in [0, 0.1) is 5.53 Å². The van der Waals surface area contributed by atoms with Crippen molar-refractivity contribution in [1.82, 2.24) is 0 Å². The summed E-state index contributed by atoms with van der Waals surface area (Å²) in [5.74, 6) is 0.827. The Kier molecular flexibility index (Phi) is 3.43. The maximum atomic E-state index is 6.79. The first-order chi connectivity index (χ1) is 6.24. The first-order valence-electron chi connectivity index (χ1n) is 4.32. The lowest BCUT2D eigenvalue weighted by atomic mass is 10.2. The normalized spacial score (nSPS) is 10.1. The van der Waals surface area contributed by atoms with Gasteiger partial charge in [-0.15, -0.1) is 0 Å². The summed E-state index contributed by atoms with van der Waals surface area (Å²) in [7, 11) is 0. The van der Waals surface area contributed by atoms with Crippen molar-refractivity contribution in [2.24, 2.45) is 5.11 Å². The van der Waals surface area contributed by atoms with Crippen LogP contribution in [-0.2, 0) is 6.54 Å². The highest BCUT2D eigenvalue weighted by molar-refractivity contribution is 5.33. The fraction of sp³-hybridized carbons (Fsp3) is 0.400. The largest absolute Gasteiger partial charge is 0.491 e. The highest BCUT2D eigenvalue weighted by atomic mass is 16.5. The molecule has 1 aromatic carbocycles. The molecule has 0 heterocycles. The number of hydrogen-bond donors (Lipinski definition) is 1. The third kappa shape index (κ3) is 2.86. The van der Waals surface area contributed by atoms with Crippen molar-refractivity contribution in [3.63, 3.8) is 0 Å². The molecule has 3 nitrogen and oxygen atoms in total. The highest BCUT2D eigenvalue weighted by Crippen LogP contribution is 2.19. The molecule has 0 fully saturated rings. The molecular formula is C10H14N2O. The van der Waals surface area contributed by atoms with E-state index in [-0.39, 0.29) is 6.10 Å². The van der Waals surface area contributed by atoms with Crippen LogP contribution in [0.4, 0.5) is 0 Å². The molecule has 1 N–H and O–H groups in total. The minimum absolute atomic E-state index is 0.159. The van der Waals surface area contributed by atoms with Crippen LogP contribution in [0.3, 0.4) is 0 Å². The molecule has 13 heavy (non-hydrogen) atoms. The Balaban J connectivity index is 2.83. The van der Waals surface area contributed by atoms with Crippen LogP contribution in [0.25, 0.3) is 0 Å². The van der Waals surface area contributed by atoms with Gasteiger partial charge in [0.15, 0.2) is 0 Å². The van der Waals surface area contributed by atoms with E-state index in [2.05, 4.69) is 5.11 Å². The highest BCUT2D eigenvalue weighted by Gasteiger charge is 2.03. The molecule has 70 valence electrons. The zero-order chi connectivity index (χ0) is 9.68. The van der Waals surface area contributed by atoms with Crippen LogP contribution in [0.1, 0.15) is 19.4 Å². The number of nitrogens with zero attached hydrogens (tertiary/aromatic N) is 1. The molecular weight excluding hydrogens is 164 g/mol. The Morgan fingerprint density at radius 3 is 2.69 bits per heavy atom. The van der Waals surface area contributed by atoms with Crippen molar-refractivity contribution >= 4 is 0 Å². The monoisotopic (exact) mass is 178 g/mol. The first-order valence-corrected chi connectivity index (χ1v) is 4.32. The molecule has 0 saturated carbocycles. The van der Waals surface area contributed by atoms with Gasteiger partial charge in [0.1, 0.15) is 5.75 Å². The molecule has 0 atom stereocenters. The van der Waals surface area contributed by atoms with Crippen LogP contribution in [0.15, 0.2) is 29.4 Å². The van der Waals surface area contributed by atoms with Crippen molar-refractivity contribution < 1.29 is 4.74 Å². The van der Waals surface area contributed by atoms with Gasteiger partial charge in [-0.05, 0) is 19.9 Å². The zero-order valence-corrected chi connectivity index (χ0v) is 7.95. The Labute approximate surface area is 78.2 Å². The summed E-state index contributed by atoms with van der Waals surface area (Å²) in [6.07, 6.45) is 0.159. The fourth-order valence-corrected chi connectivity index (χ4v) is 1.09. The van der Waals surface area contributed by atoms with Crippen LogP contribution < -0.4 is 4.74 Å². The molecule has 0 aliphatic rings. The lowest BCUT2D eigenvalue weighted by molar-refractivity contribution is 0.240. The van der Waals surface area contributed by atoms with Crippen LogP contribution in [-0.4, -0.2) is 6.10 Å². The van der Waals surface area contributed by atoms with Crippen LogP contribution in [0.2, 0.25) is 0 Å². The van der Waals surface area contributed by atoms with Gasteiger partial charge in [0.25, 0.3) is 0 Å². The Morgan fingerprint density at radius 2 is 2.08 bits per heavy atom. The molecule has 0 radical (unpaired) electrons. The second-order valence-corrected chi connectivity index (χ2v) is 3.09. The number of benzene rings is 1. The molecule has 0 spiro atoms. The minimum Gasteiger partial charge on any atom is -0.491 e. The predicted molar refractivity (Wildman–Crippen MR) is 51.1 cm³/mol. The Bertz CT molecular complexity index is 284. The Hall–Kier alpha value is -1.38. The number of ether oxygens (including phenoxy) is 1. The number of nitrogens with one attached hydrogen (secondary N) is 1. The van der Waals surface area contributed by atoms with Gasteiger partial charge in [0.05, 0.1) is 12.6 Å². The standard InChI is InChI=1S/C10H14N2O/c1-8(2)13-10-6-4-3-5-9(10)7-12-11/h3-6,8,11H,7H2,1-2H3. The van der Waals surface area contributed by atoms with Crippen molar-refractivity contribution in [2.75, 3.05) is 0 Å². The van der Waals surface area contributed by atoms with Crippen LogP contribution in [0.5, 0.6) is 5.75 Å². The number of para-hydroxylation sites is 1. The molecule has 0 aliphatic heterocycles. The van der Waals surface area contributed by atoms with Gasteiger partial charge < -0.3 is 4.74 Å². The molecule has 0 unspecified atom stereocenters.